The van der Waals surface area contributed by atoms with Crippen molar-refractivity contribution in [3.8, 4) is 16.9 Å². The van der Waals surface area contributed by atoms with Crippen LogP contribution in [0.4, 0.5) is 4.39 Å². The van der Waals surface area contributed by atoms with Crippen LogP contribution in [0.2, 0.25) is 0 Å². The molecule has 1 aliphatic heterocycles. The number of aromatic nitrogens is 5. The molecule has 0 radical (unpaired) electrons. The highest BCUT2D eigenvalue weighted by Gasteiger charge is 2.24. The summed E-state index contributed by atoms with van der Waals surface area (Å²) in [5.41, 5.74) is 2.05. The fourth-order valence-corrected chi connectivity index (χ4v) is 4.66. The largest absolute Gasteiger partial charge is 0.348 e. The summed E-state index contributed by atoms with van der Waals surface area (Å²) in [6.45, 7) is 4.55. The van der Waals surface area contributed by atoms with E-state index in [9.17, 15) is 17.6 Å². The highest BCUT2D eigenvalue weighted by molar-refractivity contribution is 7.88. The van der Waals surface area contributed by atoms with Gasteiger partial charge < -0.3 is 5.32 Å². The Morgan fingerprint density at radius 1 is 1.18 bits per heavy atom. The Morgan fingerprint density at radius 3 is 2.56 bits per heavy atom. The number of hydrogen-bond acceptors (Lipinski definition) is 8. The number of hydrogen-bond donors (Lipinski definition) is 1. The summed E-state index contributed by atoms with van der Waals surface area (Å²) in [7, 11) is -3.19. The van der Waals surface area contributed by atoms with E-state index in [1.807, 2.05) is 6.92 Å². The lowest BCUT2D eigenvalue weighted by Crippen LogP contribution is -2.51. The predicted octanol–water partition coefficient (Wildman–Crippen LogP) is 0.559. The number of halogens is 1. The molecule has 1 unspecified atom stereocenters. The number of tetrazole rings is 1. The molecule has 1 aromatic carbocycles. The van der Waals surface area contributed by atoms with Gasteiger partial charge in [0, 0.05) is 49.9 Å². The molecule has 0 bridgehead atoms. The molecule has 3 heterocycles. The van der Waals surface area contributed by atoms with Crippen molar-refractivity contribution in [3.05, 3.63) is 54.2 Å². The molecule has 13 heteroatoms. The molecule has 4 rings (SSSR count). The number of amides is 1. The van der Waals surface area contributed by atoms with Crippen LogP contribution in [0.5, 0.6) is 0 Å². The molecule has 2 aromatic heterocycles. The lowest BCUT2D eigenvalue weighted by atomic mass is 10.0. The summed E-state index contributed by atoms with van der Waals surface area (Å²) in [6, 6.07) is 7.77. The topological polar surface area (TPSA) is 126 Å². The Balaban J connectivity index is 1.48. The van der Waals surface area contributed by atoms with Gasteiger partial charge in [-0.1, -0.05) is 0 Å². The molecule has 34 heavy (non-hydrogen) atoms. The maximum atomic E-state index is 13.3. The van der Waals surface area contributed by atoms with Gasteiger partial charge in [-0.25, -0.2) is 17.5 Å². The van der Waals surface area contributed by atoms with Crippen LogP contribution in [0.3, 0.4) is 0 Å². The number of pyridine rings is 1. The van der Waals surface area contributed by atoms with Gasteiger partial charge in [0.2, 0.25) is 10.0 Å². The number of nitrogens with one attached hydrogen (secondary N) is 1. The minimum atomic E-state index is -3.19. The number of carbonyl (C=O) groups excluding carboxylic acids is 1. The Labute approximate surface area is 196 Å². The minimum absolute atomic E-state index is 0.179. The molecule has 3 aromatic rings. The predicted molar refractivity (Wildman–Crippen MR) is 122 cm³/mol. The summed E-state index contributed by atoms with van der Waals surface area (Å²) in [5, 5.41) is 14.2. The minimum Gasteiger partial charge on any atom is -0.348 e. The Hall–Kier alpha value is -3.29. The number of rotatable bonds is 7. The summed E-state index contributed by atoms with van der Waals surface area (Å²) in [6.07, 6.45) is 3.74. The monoisotopic (exact) mass is 488 g/mol. The van der Waals surface area contributed by atoms with Gasteiger partial charge in [-0.05, 0) is 47.7 Å². The van der Waals surface area contributed by atoms with Crippen molar-refractivity contribution in [2.24, 2.45) is 0 Å². The number of nitrogens with zero attached hydrogens (tertiary/aromatic N) is 7. The normalized spacial score (nSPS) is 16.3. The Kier molecular flexibility index (Phi) is 6.95. The Morgan fingerprint density at radius 2 is 1.94 bits per heavy atom. The van der Waals surface area contributed by atoms with Crippen LogP contribution in [0.15, 0.2) is 42.9 Å². The molecule has 180 valence electrons. The maximum absolute atomic E-state index is 13.3. The third-order valence-electron chi connectivity index (χ3n) is 5.53. The Bertz CT molecular complexity index is 1240. The van der Waals surface area contributed by atoms with Crippen LogP contribution in [0.25, 0.3) is 16.9 Å². The quantitative estimate of drug-likeness (QED) is 0.511. The van der Waals surface area contributed by atoms with Crippen molar-refractivity contribution in [2.45, 2.75) is 13.0 Å². The molecule has 0 spiro atoms. The van der Waals surface area contributed by atoms with Crippen molar-refractivity contribution in [3.63, 3.8) is 0 Å². The van der Waals surface area contributed by atoms with Crippen molar-refractivity contribution in [1.82, 2.24) is 39.7 Å². The molecule has 1 amide bonds. The first-order chi connectivity index (χ1) is 16.2. The highest BCUT2D eigenvalue weighted by Crippen LogP contribution is 2.23. The summed E-state index contributed by atoms with van der Waals surface area (Å²) >= 11 is 0. The van der Waals surface area contributed by atoms with Crippen LogP contribution in [-0.4, -0.2) is 93.7 Å². The zero-order valence-electron chi connectivity index (χ0n) is 18.8. The van der Waals surface area contributed by atoms with E-state index in [-0.39, 0.29) is 11.9 Å². The first kappa shape index (κ1) is 23.9. The number of sulfonamides is 1. The van der Waals surface area contributed by atoms with E-state index < -0.39 is 15.8 Å². The molecule has 1 N–H and O–H groups in total. The first-order valence-corrected chi connectivity index (χ1v) is 12.5. The van der Waals surface area contributed by atoms with Gasteiger partial charge in [0.15, 0.2) is 0 Å². The van der Waals surface area contributed by atoms with Gasteiger partial charge in [-0.3, -0.25) is 14.7 Å². The van der Waals surface area contributed by atoms with E-state index in [0.717, 1.165) is 6.20 Å². The van der Waals surface area contributed by atoms with Crippen molar-refractivity contribution in [1.29, 1.82) is 0 Å². The van der Waals surface area contributed by atoms with Crippen LogP contribution in [-0.2, 0) is 10.0 Å². The molecule has 1 aliphatic rings. The number of piperazine rings is 1. The van der Waals surface area contributed by atoms with E-state index in [0.29, 0.717) is 55.2 Å². The first-order valence-electron chi connectivity index (χ1n) is 10.7. The number of benzene rings is 1. The molecule has 0 saturated carbocycles. The SMILES string of the molecule is CC(CN1CCN(S(C)(=O)=O)CC1)NC(=O)c1cc(-c2ccc(F)cn2)cc(-n2cnnn2)c1. The van der Waals surface area contributed by atoms with Gasteiger partial charge in [-0.2, -0.15) is 4.31 Å². The molecule has 11 nitrogen and oxygen atoms in total. The zero-order chi connectivity index (χ0) is 24.3. The maximum Gasteiger partial charge on any atom is 0.251 e. The molecular formula is C21H25FN8O3S. The van der Waals surface area contributed by atoms with E-state index >= 15 is 0 Å². The van der Waals surface area contributed by atoms with Crippen LogP contribution in [0.1, 0.15) is 17.3 Å². The van der Waals surface area contributed by atoms with Crippen LogP contribution < -0.4 is 5.32 Å². The van der Waals surface area contributed by atoms with E-state index in [4.69, 9.17) is 0 Å². The highest BCUT2D eigenvalue weighted by atomic mass is 32.2. The molecular weight excluding hydrogens is 463 g/mol. The van der Waals surface area contributed by atoms with Crippen LogP contribution in [0, 0.1) is 5.82 Å². The smallest absolute Gasteiger partial charge is 0.251 e. The fraction of sp³-hybridized carbons (Fsp3) is 0.381. The van der Waals surface area contributed by atoms with E-state index in [1.54, 1.807) is 18.2 Å². The lowest BCUT2D eigenvalue weighted by molar-refractivity contribution is 0.0922. The lowest BCUT2D eigenvalue weighted by Gasteiger charge is -2.34. The molecule has 1 atom stereocenters. The fourth-order valence-electron chi connectivity index (χ4n) is 3.83. The molecule has 0 aliphatic carbocycles. The van der Waals surface area contributed by atoms with Crippen LogP contribution >= 0.6 is 0 Å². The van der Waals surface area contributed by atoms with Gasteiger partial charge in [0.05, 0.1) is 23.8 Å². The molecule has 1 saturated heterocycles. The number of carbonyl (C=O) groups is 1. The van der Waals surface area contributed by atoms with Crippen molar-refractivity contribution in [2.75, 3.05) is 39.0 Å². The van der Waals surface area contributed by atoms with Gasteiger partial charge in [-0.15, -0.1) is 5.10 Å². The summed E-state index contributed by atoms with van der Waals surface area (Å²) < 4.78 is 39.6. The summed E-state index contributed by atoms with van der Waals surface area (Å²) in [5.74, 6) is -0.745. The second-order valence-electron chi connectivity index (χ2n) is 8.22. The average Bonchev–Trinajstić information content (AvgIpc) is 3.34. The van der Waals surface area contributed by atoms with Gasteiger partial charge in [0.1, 0.15) is 12.1 Å². The van der Waals surface area contributed by atoms with E-state index in [2.05, 4.69) is 30.7 Å². The summed E-state index contributed by atoms with van der Waals surface area (Å²) in [4.78, 5) is 19.3. The van der Waals surface area contributed by atoms with Gasteiger partial charge >= 0.3 is 0 Å². The second-order valence-corrected chi connectivity index (χ2v) is 10.2. The van der Waals surface area contributed by atoms with E-state index in [1.165, 1.54) is 33.7 Å². The third-order valence-corrected chi connectivity index (χ3v) is 6.83. The standard InChI is InChI=1S/C21H25FN8O3S/c1-15(13-28-5-7-29(8-6-28)34(2,32)33)25-21(31)17-9-16(20-4-3-18(22)12-23-20)10-19(11-17)30-14-24-26-27-30/h3-4,9-12,14-15H,5-8,13H2,1-2H3,(H,25,31). The van der Waals surface area contributed by atoms with Crippen molar-refractivity contribution >= 4 is 15.9 Å². The van der Waals surface area contributed by atoms with Crippen molar-refractivity contribution < 1.29 is 17.6 Å². The molecule has 1 fully saturated rings. The third kappa shape index (κ3) is 5.79. The zero-order valence-corrected chi connectivity index (χ0v) is 19.6. The average molecular weight is 489 g/mol. The van der Waals surface area contributed by atoms with Gasteiger partial charge in [0.25, 0.3) is 5.91 Å². The second kappa shape index (κ2) is 9.91.